The van der Waals surface area contributed by atoms with E-state index in [2.05, 4.69) is 10.6 Å². The summed E-state index contributed by atoms with van der Waals surface area (Å²) < 4.78 is 5.49. The summed E-state index contributed by atoms with van der Waals surface area (Å²) in [5.74, 6) is 0.635. The van der Waals surface area contributed by atoms with Crippen LogP contribution in [0.4, 0.5) is 5.69 Å². The molecule has 3 aromatic rings. The Labute approximate surface area is 177 Å². The second-order valence-corrected chi connectivity index (χ2v) is 7.21. The molecule has 0 bridgehead atoms. The van der Waals surface area contributed by atoms with Crippen LogP contribution in [0, 0.1) is 6.92 Å². The predicted octanol–water partition coefficient (Wildman–Crippen LogP) is 5.18. The van der Waals surface area contributed by atoms with Gasteiger partial charge in [-0.15, -0.1) is 0 Å². The maximum atomic E-state index is 12.3. The molecule has 0 spiro atoms. The van der Waals surface area contributed by atoms with Gasteiger partial charge in [-0.25, -0.2) is 0 Å². The summed E-state index contributed by atoms with van der Waals surface area (Å²) in [7, 11) is 0. The number of hydrogen-bond acceptors (Lipinski definition) is 4. The maximum absolute atomic E-state index is 12.3. The summed E-state index contributed by atoms with van der Waals surface area (Å²) in [5.41, 5.74) is 2.58. The van der Waals surface area contributed by atoms with Crippen molar-refractivity contribution in [3.05, 3.63) is 75.5 Å². The molecule has 0 fully saturated rings. The van der Waals surface area contributed by atoms with E-state index in [0.29, 0.717) is 38.4 Å². The van der Waals surface area contributed by atoms with Crippen molar-refractivity contribution in [2.75, 3.05) is 5.32 Å². The summed E-state index contributed by atoms with van der Waals surface area (Å²) in [5, 5.41) is 15.7. The van der Waals surface area contributed by atoms with Gasteiger partial charge in [-0.05, 0) is 67.2 Å². The summed E-state index contributed by atoms with van der Waals surface area (Å²) >= 11 is 17.6. The minimum Gasteiger partial charge on any atom is -0.459 e. The van der Waals surface area contributed by atoms with E-state index in [-0.39, 0.29) is 17.6 Å². The highest BCUT2D eigenvalue weighted by Gasteiger charge is 2.12. The van der Waals surface area contributed by atoms with Gasteiger partial charge >= 0.3 is 0 Å². The first-order valence-corrected chi connectivity index (χ1v) is 9.42. The Morgan fingerprint density at radius 3 is 2.54 bits per heavy atom. The first-order chi connectivity index (χ1) is 13.4. The fourth-order valence-electron chi connectivity index (χ4n) is 2.47. The molecule has 1 heterocycles. The van der Waals surface area contributed by atoms with Crippen LogP contribution in [0.15, 0.2) is 52.9 Å². The highest BCUT2D eigenvalue weighted by Crippen LogP contribution is 2.31. The normalized spacial score (nSPS) is 10.6. The van der Waals surface area contributed by atoms with Crippen molar-refractivity contribution in [3.63, 3.8) is 0 Å². The number of thiocarbonyl (C=S) groups is 1. The summed E-state index contributed by atoms with van der Waals surface area (Å²) in [6.45, 7) is 1.67. The molecule has 0 aliphatic rings. The molecule has 0 saturated carbocycles. The van der Waals surface area contributed by atoms with Crippen molar-refractivity contribution in [3.8, 4) is 11.3 Å². The average Bonchev–Trinajstić information content (AvgIpc) is 3.12. The lowest BCUT2D eigenvalue weighted by Gasteiger charge is -2.11. The van der Waals surface area contributed by atoms with Gasteiger partial charge in [0.15, 0.2) is 5.11 Å². The molecule has 5 nitrogen and oxygen atoms in total. The lowest BCUT2D eigenvalue weighted by molar-refractivity contribution is 0.0977. The molecule has 28 heavy (non-hydrogen) atoms. The number of anilines is 1. The number of hydrogen-bond donors (Lipinski definition) is 3. The van der Waals surface area contributed by atoms with Crippen LogP contribution >= 0.6 is 35.4 Å². The van der Waals surface area contributed by atoms with Crippen molar-refractivity contribution >= 4 is 52.1 Å². The van der Waals surface area contributed by atoms with Gasteiger partial charge in [-0.2, -0.15) is 0 Å². The van der Waals surface area contributed by atoms with Crippen LogP contribution in [-0.4, -0.2) is 16.1 Å². The van der Waals surface area contributed by atoms with Gasteiger partial charge in [-0.1, -0.05) is 29.3 Å². The molecule has 0 atom stereocenters. The van der Waals surface area contributed by atoms with Gasteiger partial charge in [0, 0.05) is 21.8 Å². The second kappa shape index (κ2) is 8.75. The number of benzene rings is 2. The lowest BCUT2D eigenvalue weighted by Crippen LogP contribution is -2.34. The SMILES string of the molecule is Cc1ccc(C(=O)NC(=S)Nc2ccc(-c3ccc(CO)o3)c(Cl)c2)cc1Cl. The summed E-state index contributed by atoms with van der Waals surface area (Å²) in [4.78, 5) is 12.3. The highest BCUT2D eigenvalue weighted by molar-refractivity contribution is 7.80. The molecular weight excluding hydrogens is 419 g/mol. The topological polar surface area (TPSA) is 74.5 Å². The zero-order chi connectivity index (χ0) is 20.3. The third-order valence-electron chi connectivity index (χ3n) is 3.97. The van der Waals surface area contributed by atoms with Crippen LogP contribution in [0.1, 0.15) is 21.7 Å². The van der Waals surface area contributed by atoms with E-state index in [0.717, 1.165) is 5.56 Å². The van der Waals surface area contributed by atoms with Gasteiger partial charge in [0.1, 0.15) is 18.1 Å². The van der Waals surface area contributed by atoms with E-state index in [1.165, 1.54) is 0 Å². The minimum absolute atomic E-state index is 0.131. The minimum atomic E-state index is -0.366. The monoisotopic (exact) mass is 434 g/mol. The van der Waals surface area contributed by atoms with Crippen LogP contribution in [0.2, 0.25) is 10.0 Å². The van der Waals surface area contributed by atoms with E-state index < -0.39 is 0 Å². The Balaban J connectivity index is 1.67. The molecule has 3 rings (SSSR count). The Morgan fingerprint density at radius 1 is 1.11 bits per heavy atom. The molecule has 2 aromatic carbocycles. The first kappa shape index (κ1) is 20.4. The standard InChI is InChI=1S/C20H16Cl2N2O3S/c1-11-2-3-12(8-16(11)21)19(26)24-20(28)23-13-4-6-15(17(22)9-13)18-7-5-14(10-25)27-18/h2-9,25H,10H2,1H3,(H2,23,24,26,28). The molecule has 1 aromatic heterocycles. The molecule has 3 N–H and O–H groups in total. The number of carbonyl (C=O) groups is 1. The molecule has 1 amide bonds. The zero-order valence-electron chi connectivity index (χ0n) is 14.8. The van der Waals surface area contributed by atoms with Crippen LogP contribution in [0.5, 0.6) is 0 Å². The Bertz CT molecular complexity index is 1050. The molecule has 144 valence electrons. The summed E-state index contributed by atoms with van der Waals surface area (Å²) in [6.07, 6.45) is 0. The fourth-order valence-corrected chi connectivity index (χ4v) is 3.14. The number of rotatable bonds is 4. The average molecular weight is 435 g/mol. The zero-order valence-corrected chi connectivity index (χ0v) is 17.1. The maximum Gasteiger partial charge on any atom is 0.257 e. The van der Waals surface area contributed by atoms with E-state index in [9.17, 15) is 4.79 Å². The fraction of sp³-hybridized carbons (Fsp3) is 0.100. The van der Waals surface area contributed by atoms with Crippen molar-refractivity contribution in [1.29, 1.82) is 0 Å². The number of carbonyl (C=O) groups excluding carboxylic acids is 1. The molecule has 0 saturated heterocycles. The van der Waals surface area contributed by atoms with Crippen molar-refractivity contribution in [2.45, 2.75) is 13.5 Å². The van der Waals surface area contributed by atoms with Crippen LogP contribution in [-0.2, 0) is 6.61 Å². The second-order valence-electron chi connectivity index (χ2n) is 5.99. The molecular formula is C20H16Cl2N2O3S. The van der Waals surface area contributed by atoms with Crippen LogP contribution in [0.25, 0.3) is 11.3 Å². The van der Waals surface area contributed by atoms with Crippen LogP contribution < -0.4 is 10.6 Å². The number of aliphatic hydroxyl groups is 1. The van der Waals surface area contributed by atoms with E-state index in [1.807, 2.05) is 6.92 Å². The van der Waals surface area contributed by atoms with Crippen LogP contribution in [0.3, 0.4) is 0 Å². The van der Waals surface area contributed by atoms with Gasteiger partial charge < -0.3 is 14.8 Å². The smallest absolute Gasteiger partial charge is 0.257 e. The van der Waals surface area contributed by atoms with Crippen molar-refractivity contribution in [1.82, 2.24) is 5.32 Å². The highest BCUT2D eigenvalue weighted by atomic mass is 35.5. The third kappa shape index (κ3) is 4.72. The predicted molar refractivity (Wildman–Crippen MR) is 115 cm³/mol. The lowest BCUT2D eigenvalue weighted by atomic mass is 10.1. The number of amides is 1. The Morgan fingerprint density at radius 2 is 1.89 bits per heavy atom. The number of nitrogens with one attached hydrogen (secondary N) is 2. The Kier molecular flexibility index (Phi) is 6.36. The number of furan rings is 1. The molecule has 0 unspecified atom stereocenters. The van der Waals surface area contributed by atoms with E-state index >= 15 is 0 Å². The van der Waals surface area contributed by atoms with Gasteiger partial charge in [0.25, 0.3) is 5.91 Å². The largest absolute Gasteiger partial charge is 0.459 e. The first-order valence-electron chi connectivity index (χ1n) is 8.25. The third-order valence-corrected chi connectivity index (χ3v) is 4.90. The van der Waals surface area contributed by atoms with E-state index in [4.69, 9.17) is 44.9 Å². The molecule has 8 heteroatoms. The van der Waals surface area contributed by atoms with Crippen molar-refractivity contribution in [2.24, 2.45) is 0 Å². The van der Waals surface area contributed by atoms with Gasteiger partial charge in [0.05, 0.1) is 5.02 Å². The molecule has 0 aliphatic carbocycles. The van der Waals surface area contributed by atoms with Gasteiger partial charge in [-0.3, -0.25) is 10.1 Å². The molecule has 0 aliphatic heterocycles. The number of aliphatic hydroxyl groups excluding tert-OH is 1. The van der Waals surface area contributed by atoms with Crippen molar-refractivity contribution < 1.29 is 14.3 Å². The Hall–Kier alpha value is -2.38. The quantitative estimate of drug-likeness (QED) is 0.493. The molecule has 0 radical (unpaired) electrons. The van der Waals surface area contributed by atoms with E-state index in [1.54, 1.807) is 48.5 Å². The summed E-state index contributed by atoms with van der Waals surface area (Å²) in [6, 6.07) is 13.6. The van der Waals surface area contributed by atoms with Gasteiger partial charge in [0.2, 0.25) is 0 Å². The number of aryl methyl sites for hydroxylation is 1. The number of halogens is 2.